The molecule has 2 rings (SSSR count). The summed E-state index contributed by atoms with van der Waals surface area (Å²) in [6.45, 7) is 4.40. The van der Waals surface area contributed by atoms with Crippen LogP contribution in [-0.4, -0.2) is 25.7 Å². The Bertz CT molecular complexity index is 672. The lowest BCUT2D eigenvalue weighted by atomic mass is 10.2. The van der Waals surface area contributed by atoms with Crippen LogP contribution in [0.1, 0.15) is 20.3 Å². The van der Waals surface area contributed by atoms with Crippen LogP contribution in [0.5, 0.6) is 17.2 Å². The number of nitrogens with one attached hydrogen (secondary N) is 1. The maximum Gasteiger partial charge on any atom is 0.265 e. The molecule has 0 saturated heterocycles. The van der Waals surface area contributed by atoms with Crippen LogP contribution in [0.25, 0.3) is 0 Å². The van der Waals surface area contributed by atoms with E-state index in [1.165, 1.54) is 0 Å². The van der Waals surface area contributed by atoms with E-state index in [9.17, 15) is 4.79 Å². The third-order valence-corrected chi connectivity index (χ3v) is 3.40. The Kier molecular flexibility index (Phi) is 6.49. The standard InChI is InChI=1S/C19H23NO4/c1-4-18(24-17-11-7-9-15(13-17)22-3)19(21)20-14-8-6-10-16(12-14)23-5-2/h6-13,18H,4-5H2,1-3H3,(H,20,21). The predicted molar refractivity (Wildman–Crippen MR) is 93.9 cm³/mol. The second-order valence-corrected chi connectivity index (χ2v) is 5.14. The number of amides is 1. The molecular formula is C19H23NO4. The van der Waals surface area contributed by atoms with Gasteiger partial charge in [-0.15, -0.1) is 0 Å². The SMILES string of the molecule is CCOc1cccc(NC(=O)C(CC)Oc2cccc(OC)c2)c1. The first-order chi connectivity index (χ1) is 11.7. The van der Waals surface area contributed by atoms with Crippen molar-refractivity contribution in [3.8, 4) is 17.2 Å². The Morgan fingerprint density at radius 3 is 2.46 bits per heavy atom. The number of carbonyl (C=O) groups excluding carboxylic acids is 1. The highest BCUT2D eigenvalue weighted by atomic mass is 16.5. The van der Waals surface area contributed by atoms with Crippen LogP contribution in [0.2, 0.25) is 0 Å². The fourth-order valence-electron chi connectivity index (χ4n) is 2.21. The quantitative estimate of drug-likeness (QED) is 0.798. The molecule has 0 heterocycles. The molecule has 0 aliphatic carbocycles. The monoisotopic (exact) mass is 329 g/mol. The maximum atomic E-state index is 12.5. The first-order valence-corrected chi connectivity index (χ1v) is 8.00. The van der Waals surface area contributed by atoms with Gasteiger partial charge in [-0.3, -0.25) is 4.79 Å². The van der Waals surface area contributed by atoms with Gasteiger partial charge in [-0.2, -0.15) is 0 Å². The first-order valence-electron chi connectivity index (χ1n) is 8.00. The molecule has 1 amide bonds. The Labute approximate surface area is 142 Å². The van der Waals surface area contributed by atoms with E-state index in [0.717, 1.165) is 5.75 Å². The molecule has 5 nitrogen and oxygen atoms in total. The molecular weight excluding hydrogens is 306 g/mol. The van der Waals surface area contributed by atoms with E-state index >= 15 is 0 Å². The van der Waals surface area contributed by atoms with Crippen LogP contribution >= 0.6 is 0 Å². The zero-order valence-electron chi connectivity index (χ0n) is 14.2. The number of anilines is 1. The van der Waals surface area contributed by atoms with Crippen LogP contribution < -0.4 is 19.5 Å². The van der Waals surface area contributed by atoms with E-state index in [1.807, 2.05) is 44.2 Å². The van der Waals surface area contributed by atoms with Gasteiger partial charge in [0, 0.05) is 17.8 Å². The number of carbonyl (C=O) groups is 1. The van der Waals surface area contributed by atoms with Crippen molar-refractivity contribution in [1.29, 1.82) is 0 Å². The average molecular weight is 329 g/mol. The molecule has 0 fully saturated rings. The minimum absolute atomic E-state index is 0.200. The Hall–Kier alpha value is -2.69. The molecule has 0 bridgehead atoms. The van der Waals surface area contributed by atoms with Crippen molar-refractivity contribution >= 4 is 11.6 Å². The third kappa shape index (κ3) is 4.91. The third-order valence-electron chi connectivity index (χ3n) is 3.40. The molecule has 128 valence electrons. The molecule has 5 heteroatoms. The molecule has 0 spiro atoms. The van der Waals surface area contributed by atoms with E-state index in [4.69, 9.17) is 14.2 Å². The minimum Gasteiger partial charge on any atom is -0.497 e. The zero-order valence-corrected chi connectivity index (χ0v) is 14.2. The molecule has 0 aliphatic heterocycles. The maximum absolute atomic E-state index is 12.5. The summed E-state index contributed by atoms with van der Waals surface area (Å²) >= 11 is 0. The Balaban J connectivity index is 2.04. The van der Waals surface area contributed by atoms with Crippen molar-refractivity contribution in [2.24, 2.45) is 0 Å². The van der Waals surface area contributed by atoms with Crippen molar-refractivity contribution in [2.75, 3.05) is 19.0 Å². The van der Waals surface area contributed by atoms with E-state index < -0.39 is 6.10 Å². The lowest BCUT2D eigenvalue weighted by Crippen LogP contribution is -2.32. The van der Waals surface area contributed by atoms with Gasteiger partial charge in [0.2, 0.25) is 0 Å². The van der Waals surface area contributed by atoms with Crippen LogP contribution in [0.15, 0.2) is 48.5 Å². The topological polar surface area (TPSA) is 56.8 Å². The molecule has 1 atom stereocenters. The largest absolute Gasteiger partial charge is 0.497 e. The van der Waals surface area contributed by atoms with Gasteiger partial charge in [0.15, 0.2) is 6.10 Å². The lowest BCUT2D eigenvalue weighted by Gasteiger charge is -2.18. The van der Waals surface area contributed by atoms with Gasteiger partial charge in [-0.1, -0.05) is 19.1 Å². The highest BCUT2D eigenvalue weighted by Crippen LogP contribution is 2.22. The molecule has 0 aromatic heterocycles. The number of benzene rings is 2. The number of methoxy groups -OCH3 is 1. The normalized spacial score (nSPS) is 11.5. The Morgan fingerprint density at radius 2 is 1.75 bits per heavy atom. The summed E-state index contributed by atoms with van der Waals surface area (Å²) in [5.41, 5.74) is 0.679. The summed E-state index contributed by atoms with van der Waals surface area (Å²) < 4.78 is 16.4. The molecule has 0 radical (unpaired) electrons. The van der Waals surface area contributed by atoms with Gasteiger partial charge >= 0.3 is 0 Å². The lowest BCUT2D eigenvalue weighted by molar-refractivity contribution is -0.122. The van der Waals surface area contributed by atoms with Gasteiger partial charge in [-0.05, 0) is 37.6 Å². The number of rotatable bonds is 8. The fourth-order valence-corrected chi connectivity index (χ4v) is 2.21. The van der Waals surface area contributed by atoms with E-state index in [2.05, 4.69) is 5.32 Å². The van der Waals surface area contributed by atoms with Crippen molar-refractivity contribution in [1.82, 2.24) is 0 Å². The van der Waals surface area contributed by atoms with Crippen molar-refractivity contribution in [3.63, 3.8) is 0 Å². The van der Waals surface area contributed by atoms with Crippen molar-refractivity contribution in [3.05, 3.63) is 48.5 Å². The van der Waals surface area contributed by atoms with Gasteiger partial charge in [0.25, 0.3) is 5.91 Å². The molecule has 1 unspecified atom stereocenters. The van der Waals surface area contributed by atoms with Gasteiger partial charge in [-0.25, -0.2) is 0 Å². The molecule has 0 saturated carbocycles. The fraction of sp³-hybridized carbons (Fsp3) is 0.316. The minimum atomic E-state index is -0.590. The highest BCUT2D eigenvalue weighted by Gasteiger charge is 2.19. The first kappa shape index (κ1) is 17.7. The summed E-state index contributed by atoms with van der Waals surface area (Å²) in [4.78, 5) is 12.5. The van der Waals surface area contributed by atoms with Crippen molar-refractivity contribution in [2.45, 2.75) is 26.4 Å². The Morgan fingerprint density at radius 1 is 1.04 bits per heavy atom. The summed E-state index contributed by atoms with van der Waals surface area (Å²) in [7, 11) is 1.59. The smallest absolute Gasteiger partial charge is 0.265 e. The second-order valence-electron chi connectivity index (χ2n) is 5.14. The average Bonchev–Trinajstić information content (AvgIpc) is 2.60. The molecule has 2 aromatic carbocycles. The molecule has 24 heavy (non-hydrogen) atoms. The molecule has 0 aliphatic rings. The van der Waals surface area contributed by atoms with Gasteiger partial charge in [0.1, 0.15) is 17.2 Å². The highest BCUT2D eigenvalue weighted by molar-refractivity contribution is 5.94. The van der Waals surface area contributed by atoms with Crippen LogP contribution in [0.3, 0.4) is 0 Å². The number of ether oxygens (including phenoxy) is 3. The van der Waals surface area contributed by atoms with Crippen LogP contribution in [0.4, 0.5) is 5.69 Å². The number of hydrogen-bond donors (Lipinski definition) is 1. The molecule has 2 aromatic rings. The second kappa shape index (κ2) is 8.82. The van der Waals surface area contributed by atoms with Crippen LogP contribution in [0, 0.1) is 0 Å². The van der Waals surface area contributed by atoms with E-state index in [0.29, 0.717) is 30.2 Å². The van der Waals surface area contributed by atoms with E-state index in [1.54, 1.807) is 25.3 Å². The van der Waals surface area contributed by atoms with Gasteiger partial charge < -0.3 is 19.5 Å². The predicted octanol–water partition coefficient (Wildman–Crippen LogP) is 3.89. The van der Waals surface area contributed by atoms with Gasteiger partial charge in [0.05, 0.1) is 13.7 Å². The summed E-state index contributed by atoms with van der Waals surface area (Å²) in [5, 5.41) is 2.87. The molecule has 1 N–H and O–H groups in total. The number of hydrogen-bond acceptors (Lipinski definition) is 4. The van der Waals surface area contributed by atoms with E-state index in [-0.39, 0.29) is 5.91 Å². The summed E-state index contributed by atoms with van der Waals surface area (Å²) in [5.74, 6) is 1.80. The van der Waals surface area contributed by atoms with Crippen molar-refractivity contribution < 1.29 is 19.0 Å². The summed E-state index contributed by atoms with van der Waals surface area (Å²) in [6.07, 6.45) is -0.0402. The zero-order chi connectivity index (χ0) is 17.4. The van der Waals surface area contributed by atoms with Crippen LogP contribution in [-0.2, 0) is 4.79 Å². The summed E-state index contributed by atoms with van der Waals surface area (Å²) in [6, 6.07) is 14.5.